The van der Waals surface area contributed by atoms with Crippen molar-refractivity contribution >= 4 is 41.4 Å². The number of carboxylic acids is 1. The minimum atomic E-state index is -1.25. The number of amides is 4. The van der Waals surface area contributed by atoms with Gasteiger partial charge in [-0.05, 0) is 49.8 Å². The van der Waals surface area contributed by atoms with Crippen LogP contribution in [0.15, 0.2) is 30.3 Å². The van der Waals surface area contributed by atoms with E-state index in [1.54, 1.807) is 24.3 Å². The number of carbonyl (C=O) groups excluding carboxylic acids is 4. The average molecular weight is 553 g/mol. The van der Waals surface area contributed by atoms with E-state index in [0.717, 1.165) is 5.56 Å². The van der Waals surface area contributed by atoms with Crippen molar-refractivity contribution < 1.29 is 29.1 Å². The van der Waals surface area contributed by atoms with Gasteiger partial charge >= 0.3 is 5.97 Å². The summed E-state index contributed by atoms with van der Waals surface area (Å²) < 4.78 is 0. The standard InChI is InChI=1S/C25H40N6O6S/c1-38-14-12-19(25(36)37)30-23(34)18(10-11-21(28)32)29-24(35)20(15-16-7-3-2-4-8-16)31-22(33)17(27)9-5-6-13-26/h2-4,7-8,17-20H,5-6,9-15,26-27H2,1H3,(H2,28,32)(H,29,35)(H,30,34)(H,31,33)(H,36,37). The van der Waals surface area contributed by atoms with E-state index in [0.29, 0.717) is 31.6 Å². The topological polar surface area (TPSA) is 220 Å². The van der Waals surface area contributed by atoms with Gasteiger partial charge in [-0.3, -0.25) is 19.2 Å². The fourth-order valence-electron chi connectivity index (χ4n) is 3.57. The number of thioether (sulfide) groups is 1. The van der Waals surface area contributed by atoms with Crippen molar-refractivity contribution in [3.8, 4) is 0 Å². The number of carbonyl (C=O) groups is 5. The van der Waals surface area contributed by atoms with E-state index in [4.69, 9.17) is 17.2 Å². The van der Waals surface area contributed by atoms with Crippen LogP contribution in [0.4, 0.5) is 0 Å². The van der Waals surface area contributed by atoms with E-state index >= 15 is 0 Å². The molecule has 1 aromatic rings. The number of nitrogens with two attached hydrogens (primary N) is 3. The van der Waals surface area contributed by atoms with Gasteiger partial charge in [0.25, 0.3) is 0 Å². The molecule has 10 N–H and O–H groups in total. The van der Waals surface area contributed by atoms with Gasteiger partial charge in [-0.2, -0.15) is 11.8 Å². The number of carboxylic acid groups (broad SMARTS) is 1. The van der Waals surface area contributed by atoms with Crippen LogP contribution in [0.3, 0.4) is 0 Å². The van der Waals surface area contributed by atoms with Crippen molar-refractivity contribution in [2.24, 2.45) is 17.2 Å². The number of benzene rings is 1. The minimum Gasteiger partial charge on any atom is -0.480 e. The van der Waals surface area contributed by atoms with Gasteiger partial charge in [0, 0.05) is 12.8 Å². The van der Waals surface area contributed by atoms with Crippen LogP contribution in [0.2, 0.25) is 0 Å². The van der Waals surface area contributed by atoms with E-state index < -0.39 is 53.8 Å². The molecule has 38 heavy (non-hydrogen) atoms. The van der Waals surface area contributed by atoms with Crippen LogP contribution in [0.1, 0.15) is 44.1 Å². The summed E-state index contributed by atoms with van der Waals surface area (Å²) in [5, 5.41) is 17.1. The first-order valence-corrected chi connectivity index (χ1v) is 13.9. The van der Waals surface area contributed by atoms with Crippen LogP contribution in [0.5, 0.6) is 0 Å². The van der Waals surface area contributed by atoms with Crippen molar-refractivity contribution in [1.82, 2.24) is 16.0 Å². The first-order valence-electron chi connectivity index (χ1n) is 12.5. The predicted molar refractivity (Wildman–Crippen MR) is 146 cm³/mol. The molecule has 212 valence electrons. The Bertz CT molecular complexity index is 919. The van der Waals surface area contributed by atoms with Crippen LogP contribution in [0.25, 0.3) is 0 Å². The molecule has 0 bridgehead atoms. The fraction of sp³-hybridized carbons (Fsp3) is 0.560. The number of nitrogens with one attached hydrogen (secondary N) is 3. The molecule has 0 aromatic heterocycles. The lowest BCUT2D eigenvalue weighted by Gasteiger charge is -2.25. The number of unbranched alkanes of at least 4 members (excludes halogenated alkanes) is 1. The van der Waals surface area contributed by atoms with Crippen molar-refractivity contribution in [1.29, 1.82) is 0 Å². The summed E-state index contributed by atoms with van der Waals surface area (Å²) >= 11 is 1.42. The average Bonchev–Trinajstić information content (AvgIpc) is 2.88. The third-order valence-corrected chi connectivity index (χ3v) is 6.40. The minimum absolute atomic E-state index is 0.115. The molecule has 1 rings (SSSR count). The Hall–Kier alpha value is -3.16. The largest absolute Gasteiger partial charge is 0.480 e. The van der Waals surface area contributed by atoms with Gasteiger partial charge in [-0.15, -0.1) is 0 Å². The lowest BCUT2D eigenvalue weighted by molar-refractivity contribution is -0.142. The van der Waals surface area contributed by atoms with E-state index in [1.165, 1.54) is 11.8 Å². The number of aliphatic carboxylic acids is 1. The van der Waals surface area contributed by atoms with Crippen molar-refractivity contribution in [3.05, 3.63) is 35.9 Å². The van der Waals surface area contributed by atoms with Gasteiger partial charge in [0.2, 0.25) is 23.6 Å². The molecule has 0 saturated heterocycles. The highest BCUT2D eigenvalue weighted by Crippen LogP contribution is 2.08. The molecule has 13 heteroatoms. The van der Waals surface area contributed by atoms with Gasteiger partial charge in [0.1, 0.15) is 18.1 Å². The van der Waals surface area contributed by atoms with Crippen molar-refractivity contribution in [2.75, 3.05) is 18.6 Å². The molecule has 1 aromatic carbocycles. The first kappa shape index (κ1) is 32.9. The molecule has 0 aliphatic carbocycles. The Labute approximate surface area is 227 Å². The molecular formula is C25H40N6O6S. The Kier molecular flexibility index (Phi) is 15.7. The van der Waals surface area contributed by atoms with Crippen LogP contribution >= 0.6 is 11.8 Å². The summed E-state index contributed by atoms with van der Waals surface area (Å²) in [5.41, 5.74) is 17.5. The Morgan fingerprint density at radius 2 is 1.47 bits per heavy atom. The molecule has 0 heterocycles. The van der Waals surface area contributed by atoms with E-state index in [9.17, 15) is 29.1 Å². The number of hydrogen-bond donors (Lipinski definition) is 7. The lowest BCUT2D eigenvalue weighted by Crippen LogP contribution is -2.57. The zero-order valence-electron chi connectivity index (χ0n) is 21.7. The second kappa shape index (κ2) is 18.2. The van der Waals surface area contributed by atoms with Crippen LogP contribution in [-0.4, -0.2) is 77.4 Å². The number of rotatable bonds is 19. The second-order valence-corrected chi connectivity index (χ2v) is 9.87. The molecule has 12 nitrogen and oxygen atoms in total. The van der Waals surface area contributed by atoms with Crippen molar-refractivity contribution in [3.63, 3.8) is 0 Å². The van der Waals surface area contributed by atoms with Gasteiger partial charge < -0.3 is 38.3 Å². The Morgan fingerprint density at radius 1 is 0.868 bits per heavy atom. The SMILES string of the molecule is CSCCC(NC(=O)C(CCC(N)=O)NC(=O)C(Cc1ccccc1)NC(=O)C(N)CCCCN)C(=O)O. The highest BCUT2D eigenvalue weighted by Gasteiger charge is 2.30. The summed E-state index contributed by atoms with van der Waals surface area (Å²) in [6.07, 6.45) is 3.48. The maximum atomic E-state index is 13.3. The Morgan fingerprint density at radius 3 is 2.05 bits per heavy atom. The highest BCUT2D eigenvalue weighted by molar-refractivity contribution is 7.98. The monoisotopic (exact) mass is 552 g/mol. The predicted octanol–water partition coefficient (Wildman–Crippen LogP) is -0.757. The van der Waals surface area contributed by atoms with Gasteiger partial charge in [-0.25, -0.2) is 4.79 Å². The molecule has 4 amide bonds. The van der Waals surface area contributed by atoms with E-state index in [1.807, 2.05) is 12.3 Å². The molecule has 0 radical (unpaired) electrons. The summed E-state index contributed by atoms with van der Waals surface area (Å²) in [6, 6.07) is 4.60. The Balaban J connectivity index is 3.07. The number of hydrogen-bond acceptors (Lipinski definition) is 8. The van der Waals surface area contributed by atoms with E-state index in [-0.39, 0.29) is 25.7 Å². The zero-order valence-corrected chi connectivity index (χ0v) is 22.5. The maximum Gasteiger partial charge on any atom is 0.326 e. The normalized spacial score (nSPS) is 14.0. The van der Waals surface area contributed by atoms with Crippen LogP contribution in [-0.2, 0) is 30.4 Å². The third kappa shape index (κ3) is 12.9. The highest BCUT2D eigenvalue weighted by atomic mass is 32.2. The summed E-state index contributed by atoms with van der Waals surface area (Å²) in [7, 11) is 0. The van der Waals surface area contributed by atoms with Gasteiger partial charge in [-0.1, -0.05) is 36.8 Å². The zero-order chi connectivity index (χ0) is 28.5. The fourth-order valence-corrected chi connectivity index (χ4v) is 4.04. The quantitative estimate of drug-likeness (QED) is 0.107. The summed E-state index contributed by atoms with van der Waals surface area (Å²) in [4.78, 5) is 62.0. The molecule has 4 atom stereocenters. The molecule has 0 aliphatic heterocycles. The molecule has 0 aliphatic rings. The summed E-state index contributed by atoms with van der Waals surface area (Å²) in [6.45, 7) is 0.474. The lowest BCUT2D eigenvalue weighted by atomic mass is 10.0. The van der Waals surface area contributed by atoms with E-state index in [2.05, 4.69) is 16.0 Å². The first-order chi connectivity index (χ1) is 18.1. The number of primary amides is 1. The summed E-state index contributed by atoms with van der Waals surface area (Å²) in [5.74, 6) is -3.39. The van der Waals surface area contributed by atoms with Crippen LogP contribution < -0.4 is 33.2 Å². The van der Waals surface area contributed by atoms with Crippen LogP contribution in [0, 0.1) is 0 Å². The van der Waals surface area contributed by atoms with Gasteiger partial charge in [0.05, 0.1) is 6.04 Å². The molecule has 0 spiro atoms. The molecule has 4 unspecified atom stereocenters. The van der Waals surface area contributed by atoms with Crippen molar-refractivity contribution in [2.45, 2.75) is 69.1 Å². The second-order valence-electron chi connectivity index (χ2n) is 8.89. The molecule has 0 fully saturated rings. The smallest absolute Gasteiger partial charge is 0.326 e. The third-order valence-electron chi connectivity index (χ3n) is 5.76. The molecular weight excluding hydrogens is 512 g/mol. The molecule has 0 saturated carbocycles. The van der Waals surface area contributed by atoms with Gasteiger partial charge in [0.15, 0.2) is 0 Å². The maximum absolute atomic E-state index is 13.3.